The number of benzene rings is 2. The lowest BCUT2D eigenvalue weighted by atomic mass is 10.2. The van der Waals surface area contributed by atoms with Crippen molar-refractivity contribution in [2.45, 2.75) is 13.5 Å². The molecule has 0 amide bonds. The first-order valence-corrected chi connectivity index (χ1v) is 8.02. The van der Waals surface area contributed by atoms with E-state index in [-0.39, 0.29) is 12.1 Å². The topological polar surface area (TPSA) is 73.8 Å². The van der Waals surface area contributed by atoms with Crippen molar-refractivity contribution in [3.05, 3.63) is 75.6 Å². The summed E-state index contributed by atoms with van der Waals surface area (Å²) in [6.07, 6.45) is 1.49. The first-order chi connectivity index (χ1) is 12.1. The number of hydrogen-bond acceptors (Lipinski definition) is 5. The van der Waals surface area contributed by atoms with Crippen molar-refractivity contribution in [2.24, 2.45) is 0 Å². The molecule has 124 valence electrons. The molecule has 0 saturated heterocycles. The highest BCUT2D eigenvalue weighted by Gasteiger charge is 2.11. The molecule has 0 aliphatic carbocycles. The van der Waals surface area contributed by atoms with Gasteiger partial charge >= 0.3 is 0 Å². The smallest absolute Gasteiger partial charge is 0.261 e. The summed E-state index contributed by atoms with van der Waals surface area (Å²) in [5.41, 5.74) is 2.32. The lowest BCUT2D eigenvalue weighted by Crippen LogP contribution is -2.21. The molecule has 2 aromatic heterocycles. The molecule has 0 saturated carbocycles. The molecule has 0 spiro atoms. The maximum absolute atomic E-state index is 12.6. The molecule has 0 fully saturated rings. The largest absolute Gasteiger partial charge is 0.337 e. The maximum atomic E-state index is 12.6. The fourth-order valence-corrected chi connectivity index (χ4v) is 2.69. The Morgan fingerprint density at radius 1 is 1.16 bits per heavy atom. The average molecular weight is 353 g/mol. The predicted molar refractivity (Wildman–Crippen MR) is 94.6 cm³/mol. The van der Waals surface area contributed by atoms with Gasteiger partial charge in [0.2, 0.25) is 11.7 Å². The van der Waals surface area contributed by atoms with Gasteiger partial charge in [-0.25, -0.2) is 4.98 Å². The van der Waals surface area contributed by atoms with Crippen molar-refractivity contribution in [1.29, 1.82) is 0 Å². The highest BCUT2D eigenvalue weighted by molar-refractivity contribution is 6.30. The Morgan fingerprint density at radius 3 is 2.76 bits per heavy atom. The van der Waals surface area contributed by atoms with Crippen LogP contribution in [0, 0.1) is 6.92 Å². The molecule has 0 radical (unpaired) electrons. The Labute approximate surface area is 147 Å². The summed E-state index contributed by atoms with van der Waals surface area (Å²) in [5, 5.41) is 5.16. The van der Waals surface area contributed by atoms with Crippen LogP contribution in [0.1, 0.15) is 11.5 Å². The van der Waals surface area contributed by atoms with E-state index in [4.69, 9.17) is 16.1 Å². The van der Waals surface area contributed by atoms with E-state index >= 15 is 0 Å². The summed E-state index contributed by atoms with van der Waals surface area (Å²) >= 11 is 5.88. The highest BCUT2D eigenvalue weighted by Crippen LogP contribution is 2.19. The second-order valence-corrected chi connectivity index (χ2v) is 6.15. The van der Waals surface area contributed by atoms with E-state index in [9.17, 15) is 4.79 Å². The van der Waals surface area contributed by atoms with Crippen LogP contribution >= 0.6 is 11.6 Å². The third kappa shape index (κ3) is 3.04. The quantitative estimate of drug-likeness (QED) is 0.564. The number of aryl methyl sites for hydroxylation is 1. The summed E-state index contributed by atoms with van der Waals surface area (Å²) in [6.45, 7) is 2.10. The number of aromatic nitrogens is 4. The molecule has 0 atom stereocenters. The van der Waals surface area contributed by atoms with E-state index in [1.165, 1.54) is 10.9 Å². The van der Waals surface area contributed by atoms with Gasteiger partial charge in [0.15, 0.2) is 0 Å². The lowest BCUT2D eigenvalue weighted by Gasteiger charge is -2.04. The standard InChI is InChI=1S/C18H13ClN4O2/c1-11-2-7-15-14(8-11)18(24)23(10-20-15)9-16-21-17(22-25-16)12-3-5-13(19)6-4-12/h2-8,10H,9H2,1H3. The molecule has 0 unspecified atom stereocenters. The van der Waals surface area contributed by atoms with Crippen molar-refractivity contribution in [1.82, 2.24) is 19.7 Å². The number of nitrogens with zero attached hydrogens (tertiary/aromatic N) is 4. The summed E-state index contributed by atoms with van der Waals surface area (Å²) < 4.78 is 6.72. The summed E-state index contributed by atoms with van der Waals surface area (Å²) in [7, 11) is 0. The van der Waals surface area contributed by atoms with E-state index in [1.807, 2.05) is 37.3 Å². The van der Waals surface area contributed by atoms with Crippen molar-refractivity contribution in [2.75, 3.05) is 0 Å². The van der Waals surface area contributed by atoms with Crippen LogP contribution in [0.3, 0.4) is 0 Å². The van der Waals surface area contributed by atoms with Crippen molar-refractivity contribution >= 4 is 22.5 Å². The number of hydrogen-bond donors (Lipinski definition) is 0. The van der Waals surface area contributed by atoms with Gasteiger partial charge in [-0.05, 0) is 43.3 Å². The minimum atomic E-state index is -0.139. The van der Waals surface area contributed by atoms with Crippen molar-refractivity contribution in [3.8, 4) is 11.4 Å². The maximum Gasteiger partial charge on any atom is 0.261 e. The Hall–Kier alpha value is -2.99. The number of rotatable bonds is 3. The van der Waals surface area contributed by atoms with Crippen molar-refractivity contribution in [3.63, 3.8) is 0 Å². The molecule has 25 heavy (non-hydrogen) atoms. The summed E-state index contributed by atoms with van der Waals surface area (Å²) in [4.78, 5) is 21.3. The molecule has 0 aliphatic heterocycles. The molecule has 0 N–H and O–H groups in total. The molecule has 7 heteroatoms. The monoisotopic (exact) mass is 352 g/mol. The van der Waals surface area contributed by atoms with Crippen LogP contribution in [0.5, 0.6) is 0 Å². The van der Waals surface area contributed by atoms with Crippen LogP contribution in [0.15, 0.2) is 58.1 Å². The Morgan fingerprint density at radius 2 is 1.96 bits per heavy atom. The van der Waals surface area contributed by atoms with Gasteiger partial charge in [-0.3, -0.25) is 9.36 Å². The number of halogens is 1. The first-order valence-electron chi connectivity index (χ1n) is 7.64. The van der Waals surface area contributed by atoms with Gasteiger partial charge in [0, 0.05) is 10.6 Å². The van der Waals surface area contributed by atoms with E-state index in [0.717, 1.165) is 11.1 Å². The molecule has 6 nitrogen and oxygen atoms in total. The van der Waals surface area contributed by atoms with Crippen LogP contribution in [-0.4, -0.2) is 19.7 Å². The van der Waals surface area contributed by atoms with E-state index in [1.54, 1.807) is 12.1 Å². The van der Waals surface area contributed by atoms with Gasteiger partial charge in [0.05, 0.1) is 17.2 Å². The zero-order valence-electron chi connectivity index (χ0n) is 13.3. The van der Waals surface area contributed by atoms with Crippen LogP contribution in [0.2, 0.25) is 5.02 Å². The van der Waals surface area contributed by atoms with Gasteiger partial charge in [-0.1, -0.05) is 28.4 Å². The SMILES string of the molecule is Cc1ccc2ncn(Cc3nc(-c4ccc(Cl)cc4)no3)c(=O)c2c1. The van der Waals surface area contributed by atoms with Gasteiger partial charge in [-0.2, -0.15) is 4.98 Å². The summed E-state index contributed by atoms with van der Waals surface area (Å²) in [5.74, 6) is 0.783. The fourth-order valence-electron chi connectivity index (χ4n) is 2.57. The highest BCUT2D eigenvalue weighted by atomic mass is 35.5. The fraction of sp³-hybridized carbons (Fsp3) is 0.111. The van der Waals surface area contributed by atoms with Gasteiger partial charge in [-0.15, -0.1) is 0 Å². The lowest BCUT2D eigenvalue weighted by molar-refractivity contribution is 0.369. The summed E-state index contributed by atoms with van der Waals surface area (Å²) in [6, 6.07) is 12.7. The minimum Gasteiger partial charge on any atom is -0.337 e. The van der Waals surface area contributed by atoms with Gasteiger partial charge in [0.1, 0.15) is 6.54 Å². The number of fused-ring (bicyclic) bond motifs is 1. The molecule has 2 aromatic carbocycles. The predicted octanol–water partition coefficient (Wildman–Crippen LogP) is 3.46. The first kappa shape index (κ1) is 15.5. The zero-order valence-corrected chi connectivity index (χ0v) is 14.1. The van der Waals surface area contributed by atoms with E-state index in [0.29, 0.717) is 27.6 Å². The second-order valence-electron chi connectivity index (χ2n) is 5.72. The molecule has 0 aliphatic rings. The molecule has 2 heterocycles. The molecule has 4 aromatic rings. The van der Waals surface area contributed by atoms with E-state index in [2.05, 4.69) is 15.1 Å². The van der Waals surface area contributed by atoms with Crippen LogP contribution in [0.25, 0.3) is 22.3 Å². The molecule has 0 bridgehead atoms. The second kappa shape index (κ2) is 6.14. The molecular formula is C18H13ClN4O2. The molecule has 4 rings (SSSR count). The van der Waals surface area contributed by atoms with E-state index < -0.39 is 0 Å². The Balaban J connectivity index is 1.67. The normalized spacial score (nSPS) is 11.1. The molecular weight excluding hydrogens is 340 g/mol. The minimum absolute atomic E-state index is 0.139. The van der Waals surface area contributed by atoms with Crippen LogP contribution in [0.4, 0.5) is 0 Å². The zero-order chi connectivity index (χ0) is 17.4. The average Bonchev–Trinajstić information content (AvgIpc) is 3.07. The third-order valence-corrected chi connectivity index (χ3v) is 4.11. The van der Waals surface area contributed by atoms with Crippen LogP contribution < -0.4 is 5.56 Å². The third-order valence-electron chi connectivity index (χ3n) is 3.86. The van der Waals surface area contributed by atoms with Crippen molar-refractivity contribution < 1.29 is 4.52 Å². The van der Waals surface area contributed by atoms with Crippen LogP contribution in [-0.2, 0) is 6.54 Å². The van der Waals surface area contributed by atoms with Gasteiger partial charge in [0.25, 0.3) is 5.56 Å². The Bertz CT molecular complexity index is 1120. The Kier molecular flexibility index (Phi) is 3.82. The van der Waals surface area contributed by atoms with Gasteiger partial charge < -0.3 is 4.52 Å².